The Morgan fingerprint density at radius 2 is 1.89 bits per heavy atom. The van der Waals surface area contributed by atoms with Crippen LogP contribution in [0.25, 0.3) is 10.9 Å². The van der Waals surface area contributed by atoms with Gasteiger partial charge in [-0.2, -0.15) is 5.10 Å². The molecule has 3 heterocycles. The van der Waals surface area contributed by atoms with Crippen LogP contribution < -0.4 is 10.6 Å². The number of carbonyl (C=O) groups excluding carboxylic acids is 1. The van der Waals surface area contributed by atoms with Crippen molar-refractivity contribution in [3.63, 3.8) is 0 Å². The number of nitrogens with one attached hydrogen (secondary N) is 3. The molecule has 1 spiro atoms. The number of rotatable bonds is 5. The number of aromatic amines is 1. The number of H-pyrrole nitrogens is 1. The monoisotopic (exact) mass is 501 g/mol. The van der Waals surface area contributed by atoms with Crippen molar-refractivity contribution in [2.75, 3.05) is 10.6 Å². The molecule has 2 aromatic heterocycles. The molecule has 3 N–H and O–H groups in total. The first-order valence-electron chi connectivity index (χ1n) is 12.0. The third-order valence-corrected chi connectivity index (χ3v) is 9.62. The van der Waals surface area contributed by atoms with Crippen LogP contribution in [0.15, 0.2) is 53.6 Å². The highest BCUT2D eigenvalue weighted by Crippen LogP contribution is 2.65. The second-order valence-electron chi connectivity index (χ2n) is 10.2. The molecular formula is C27H27N5O3S. The van der Waals surface area contributed by atoms with Gasteiger partial charge in [-0.15, -0.1) is 0 Å². The first-order valence-corrected chi connectivity index (χ1v) is 13.5. The third-order valence-electron chi connectivity index (χ3n) is 7.50. The average molecular weight is 502 g/mol. The summed E-state index contributed by atoms with van der Waals surface area (Å²) in [6.45, 7) is 7.18. The lowest BCUT2D eigenvalue weighted by Crippen LogP contribution is -2.21. The summed E-state index contributed by atoms with van der Waals surface area (Å²) < 4.78 is 24.9. The molecule has 8 nitrogen and oxygen atoms in total. The van der Waals surface area contributed by atoms with Gasteiger partial charge in [0.2, 0.25) is 5.91 Å². The Labute approximate surface area is 209 Å². The Morgan fingerprint density at radius 1 is 1.08 bits per heavy atom. The maximum atomic E-state index is 13.0. The van der Waals surface area contributed by atoms with Crippen LogP contribution in [-0.2, 0) is 20.0 Å². The zero-order valence-electron chi connectivity index (χ0n) is 20.5. The second kappa shape index (κ2) is 7.64. The van der Waals surface area contributed by atoms with Crippen molar-refractivity contribution in [2.45, 2.75) is 55.6 Å². The van der Waals surface area contributed by atoms with Gasteiger partial charge in [0.05, 0.1) is 21.1 Å². The molecule has 0 unspecified atom stereocenters. The van der Waals surface area contributed by atoms with E-state index in [0.29, 0.717) is 17.2 Å². The fourth-order valence-electron chi connectivity index (χ4n) is 5.28. The molecule has 2 aromatic carbocycles. The molecule has 6 rings (SSSR count). The average Bonchev–Trinajstić information content (AvgIpc) is 3.39. The number of aromatic nitrogens is 3. The fraction of sp³-hybridized carbons (Fsp3) is 0.296. The van der Waals surface area contributed by atoms with Crippen LogP contribution in [0.1, 0.15) is 48.4 Å². The molecule has 9 heteroatoms. The Kier molecular flexibility index (Phi) is 4.82. The predicted molar refractivity (Wildman–Crippen MR) is 140 cm³/mol. The Bertz CT molecular complexity index is 1670. The quantitative estimate of drug-likeness (QED) is 0.359. The zero-order chi connectivity index (χ0) is 25.4. The Balaban J connectivity index is 1.28. The largest absolute Gasteiger partial charge is 0.325 e. The number of anilines is 3. The number of nitrogens with zero attached hydrogens (tertiary/aromatic N) is 2. The standard InChI is InChI=1S/C27H27N5O3S/c1-14(2)36(34,35)18-10-16(4)24(28-13-18)30-25-19-7-6-17(11-23(19)31-32-25)21-12-27(21)20-9-15(3)5-8-22(20)29-26(27)33/h5-11,13-14,21H,12H2,1-4H3,(H,29,33)(H2,28,30,31,32)/t21-,27-/m0/s1. The van der Waals surface area contributed by atoms with Gasteiger partial charge >= 0.3 is 0 Å². The van der Waals surface area contributed by atoms with E-state index in [9.17, 15) is 13.2 Å². The van der Waals surface area contributed by atoms with Gasteiger partial charge in [-0.25, -0.2) is 13.4 Å². The molecule has 0 radical (unpaired) electrons. The summed E-state index contributed by atoms with van der Waals surface area (Å²) in [7, 11) is -3.40. The van der Waals surface area contributed by atoms with Crippen LogP contribution in [-0.4, -0.2) is 34.8 Å². The van der Waals surface area contributed by atoms with Crippen molar-refractivity contribution in [3.8, 4) is 0 Å². The number of hydrogen-bond donors (Lipinski definition) is 3. The third kappa shape index (κ3) is 3.26. The molecule has 1 aliphatic heterocycles. The van der Waals surface area contributed by atoms with Gasteiger partial charge in [0.15, 0.2) is 15.7 Å². The highest BCUT2D eigenvalue weighted by Gasteiger charge is 2.65. The van der Waals surface area contributed by atoms with E-state index < -0.39 is 20.5 Å². The van der Waals surface area contributed by atoms with Crippen molar-refractivity contribution < 1.29 is 13.2 Å². The molecule has 0 saturated heterocycles. The van der Waals surface area contributed by atoms with Crippen molar-refractivity contribution in [1.82, 2.24) is 15.2 Å². The van der Waals surface area contributed by atoms with Crippen LogP contribution >= 0.6 is 0 Å². The van der Waals surface area contributed by atoms with Gasteiger partial charge in [-0.3, -0.25) is 9.89 Å². The summed E-state index contributed by atoms with van der Waals surface area (Å²) in [5, 5.41) is 14.2. The minimum atomic E-state index is -3.40. The molecule has 4 aromatic rings. The van der Waals surface area contributed by atoms with E-state index in [0.717, 1.165) is 39.7 Å². The predicted octanol–water partition coefficient (Wildman–Crippen LogP) is 4.88. The van der Waals surface area contributed by atoms with E-state index in [2.05, 4.69) is 44.0 Å². The Morgan fingerprint density at radius 3 is 2.64 bits per heavy atom. The van der Waals surface area contributed by atoms with Crippen LogP contribution in [0.2, 0.25) is 0 Å². The van der Waals surface area contributed by atoms with Crippen LogP contribution in [0.4, 0.5) is 17.3 Å². The lowest BCUT2D eigenvalue weighted by atomic mass is 9.91. The summed E-state index contributed by atoms with van der Waals surface area (Å²) in [5.41, 5.74) is 5.33. The minimum absolute atomic E-state index is 0.0737. The van der Waals surface area contributed by atoms with Crippen molar-refractivity contribution >= 4 is 44.0 Å². The van der Waals surface area contributed by atoms with Crippen LogP contribution in [0.3, 0.4) is 0 Å². The van der Waals surface area contributed by atoms with Crippen LogP contribution in [0, 0.1) is 13.8 Å². The fourth-order valence-corrected chi connectivity index (χ4v) is 6.36. The lowest BCUT2D eigenvalue weighted by Gasteiger charge is -2.11. The van der Waals surface area contributed by atoms with Gasteiger partial charge < -0.3 is 10.6 Å². The topological polar surface area (TPSA) is 117 Å². The van der Waals surface area contributed by atoms with Gasteiger partial charge in [-0.05, 0) is 75.1 Å². The number of carbonyl (C=O) groups is 1. The number of pyridine rings is 1. The van der Waals surface area contributed by atoms with E-state index in [1.165, 1.54) is 6.20 Å². The second-order valence-corrected chi connectivity index (χ2v) is 12.7. The number of benzene rings is 2. The summed E-state index contributed by atoms with van der Waals surface area (Å²) in [6.07, 6.45) is 2.17. The van der Waals surface area contributed by atoms with Crippen molar-refractivity contribution in [2.24, 2.45) is 0 Å². The summed E-state index contributed by atoms with van der Waals surface area (Å²) in [6, 6.07) is 13.9. The van der Waals surface area contributed by atoms with Crippen LogP contribution in [0.5, 0.6) is 0 Å². The summed E-state index contributed by atoms with van der Waals surface area (Å²) >= 11 is 0. The van der Waals surface area contributed by atoms with Gasteiger partial charge in [0.25, 0.3) is 0 Å². The minimum Gasteiger partial charge on any atom is -0.325 e. The normalized spacial score (nSPS) is 20.7. The first kappa shape index (κ1) is 22.7. The molecule has 1 fully saturated rings. The van der Waals surface area contributed by atoms with Gasteiger partial charge in [0.1, 0.15) is 5.82 Å². The number of aryl methyl sites for hydroxylation is 2. The number of sulfone groups is 1. The molecule has 1 amide bonds. The molecule has 2 aliphatic rings. The van der Waals surface area contributed by atoms with Crippen molar-refractivity contribution in [3.05, 3.63) is 70.9 Å². The molecule has 36 heavy (non-hydrogen) atoms. The maximum Gasteiger partial charge on any atom is 0.235 e. The molecule has 1 saturated carbocycles. The smallest absolute Gasteiger partial charge is 0.235 e. The van der Waals surface area contributed by atoms with E-state index in [4.69, 9.17) is 0 Å². The highest BCUT2D eigenvalue weighted by molar-refractivity contribution is 7.92. The van der Waals surface area contributed by atoms with Gasteiger partial charge in [0, 0.05) is 23.2 Å². The number of fused-ring (bicyclic) bond motifs is 3. The van der Waals surface area contributed by atoms with Crippen molar-refractivity contribution in [1.29, 1.82) is 0 Å². The number of amides is 1. The lowest BCUT2D eigenvalue weighted by molar-refractivity contribution is -0.118. The summed E-state index contributed by atoms with van der Waals surface area (Å²) in [5.74, 6) is 1.34. The highest BCUT2D eigenvalue weighted by atomic mass is 32.2. The van der Waals surface area contributed by atoms with E-state index in [1.54, 1.807) is 19.9 Å². The van der Waals surface area contributed by atoms with E-state index in [-0.39, 0.29) is 16.7 Å². The summed E-state index contributed by atoms with van der Waals surface area (Å²) in [4.78, 5) is 17.5. The van der Waals surface area contributed by atoms with Gasteiger partial charge in [-0.1, -0.05) is 23.8 Å². The van der Waals surface area contributed by atoms with E-state index in [1.807, 2.05) is 32.0 Å². The molecule has 184 valence electrons. The maximum absolute atomic E-state index is 13.0. The molecule has 1 aliphatic carbocycles. The van der Waals surface area contributed by atoms with E-state index >= 15 is 0 Å². The number of hydrogen-bond acceptors (Lipinski definition) is 6. The first-order chi connectivity index (χ1) is 17.1. The molecule has 0 bridgehead atoms. The zero-order valence-corrected chi connectivity index (χ0v) is 21.3. The molecule has 2 atom stereocenters. The Hall–Kier alpha value is -3.72. The molecular weight excluding hydrogens is 474 g/mol. The SMILES string of the molecule is Cc1ccc2c(c1)[C@]1(C[C@H]1c1ccc3c(Nc4ncc(S(=O)(=O)C(C)C)cc4C)n[nH]c3c1)C(=O)N2.